The number of allylic oxidation sites excluding steroid dienone is 4. The third-order valence-corrected chi connectivity index (χ3v) is 7.80. The first-order valence-electron chi connectivity index (χ1n) is 11.5. The Kier molecular flexibility index (Phi) is 10.5. The van der Waals surface area contributed by atoms with Gasteiger partial charge in [-0.15, -0.1) is 0 Å². The Bertz CT molecular complexity index is 739. The number of aliphatic hydroxyl groups excluding tert-OH is 1. The summed E-state index contributed by atoms with van der Waals surface area (Å²) in [5, 5.41) is 9.00. The zero-order valence-electron chi connectivity index (χ0n) is 21.3. The molecule has 1 saturated heterocycles. The van der Waals surface area contributed by atoms with E-state index in [1.807, 2.05) is 0 Å². The van der Waals surface area contributed by atoms with Crippen LogP contribution in [0.5, 0.6) is 0 Å². The molecule has 0 aromatic heterocycles. The second-order valence-corrected chi connectivity index (χ2v) is 12.3. The normalized spacial score (nSPS) is 25.9. The fraction of sp³-hybridized carbons (Fsp3) is 0.840. The van der Waals surface area contributed by atoms with E-state index in [0.29, 0.717) is 25.0 Å². The molecule has 6 heteroatoms. The predicted octanol–water partition coefficient (Wildman–Crippen LogP) is 5.50. The van der Waals surface area contributed by atoms with Crippen LogP contribution < -0.4 is 0 Å². The van der Waals surface area contributed by atoms with E-state index in [0.717, 1.165) is 32.3 Å². The van der Waals surface area contributed by atoms with Crippen molar-refractivity contribution in [2.24, 2.45) is 22.7 Å². The summed E-state index contributed by atoms with van der Waals surface area (Å²) >= 11 is 0. The van der Waals surface area contributed by atoms with Gasteiger partial charge in [0.05, 0.1) is 12.9 Å². The molecule has 0 bridgehead atoms. The Morgan fingerprint density at radius 1 is 0.935 bits per heavy atom. The first-order valence-corrected chi connectivity index (χ1v) is 13.3. The number of rotatable bonds is 4. The van der Waals surface area contributed by atoms with Gasteiger partial charge in [0.1, 0.15) is 0 Å². The van der Waals surface area contributed by atoms with Crippen molar-refractivity contribution in [1.82, 2.24) is 0 Å². The summed E-state index contributed by atoms with van der Waals surface area (Å²) in [6.07, 6.45) is 5.72. The van der Waals surface area contributed by atoms with Crippen LogP contribution >= 0.6 is 0 Å². The molecule has 0 aromatic rings. The van der Waals surface area contributed by atoms with Gasteiger partial charge in [-0.25, -0.2) is 0 Å². The monoisotopic (exact) mass is 458 g/mol. The highest BCUT2D eigenvalue weighted by atomic mass is 32.2. The number of hydrogen-bond acceptors (Lipinski definition) is 5. The highest BCUT2D eigenvalue weighted by Crippen LogP contribution is 2.52. The van der Waals surface area contributed by atoms with E-state index in [1.54, 1.807) is 0 Å². The highest BCUT2D eigenvalue weighted by molar-refractivity contribution is 7.85. The van der Waals surface area contributed by atoms with Gasteiger partial charge >= 0.3 is 0 Å². The average molecular weight is 459 g/mol. The maximum Gasteiger partial charge on any atom is 0.264 e. The third kappa shape index (κ3) is 7.99. The summed E-state index contributed by atoms with van der Waals surface area (Å²) in [7, 11) is -3.30. The summed E-state index contributed by atoms with van der Waals surface area (Å²) in [5.74, 6) is 0.810. The summed E-state index contributed by atoms with van der Waals surface area (Å²) in [6.45, 7) is 19.9. The van der Waals surface area contributed by atoms with Crippen molar-refractivity contribution in [3.63, 3.8) is 0 Å². The Labute approximate surface area is 191 Å². The van der Waals surface area contributed by atoms with Gasteiger partial charge in [0, 0.05) is 19.8 Å². The third-order valence-electron chi connectivity index (χ3n) is 7.24. The molecule has 2 unspecified atom stereocenters. The fourth-order valence-corrected chi connectivity index (χ4v) is 5.14. The number of hydrogen-bond donors (Lipinski definition) is 1. The van der Waals surface area contributed by atoms with Crippen LogP contribution in [0.1, 0.15) is 81.1 Å². The molecule has 182 valence electrons. The first kappa shape index (κ1) is 28.3. The van der Waals surface area contributed by atoms with E-state index in [2.05, 4.69) is 55.4 Å². The molecule has 1 aliphatic heterocycles. The fourth-order valence-electron chi connectivity index (χ4n) is 4.73. The quantitative estimate of drug-likeness (QED) is 0.445. The van der Waals surface area contributed by atoms with Gasteiger partial charge in [-0.1, -0.05) is 50.0 Å². The molecular formula is C25H46O5S. The minimum Gasteiger partial charge on any atom is -0.396 e. The van der Waals surface area contributed by atoms with E-state index >= 15 is 0 Å². The lowest BCUT2D eigenvalue weighted by Gasteiger charge is -2.48. The molecule has 0 amide bonds. The Morgan fingerprint density at radius 3 is 1.61 bits per heavy atom. The highest BCUT2D eigenvalue weighted by Gasteiger charge is 2.44. The molecule has 2 atom stereocenters. The molecule has 3 aliphatic rings. The SMILES string of the molecule is C1CCOC1.CC(C)=C1CC(CO)C1(C)C.CC(C)=C1CC(COS(C)(=O)=O)C1(C)C. The van der Waals surface area contributed by atoms with Crippen molar-refractivity contribution in [2.75, 3.05) is 32.7 Å². The minimum absolute atomic E-state index is 0.0868. The zero-order valence-corrected chi connectivity index (χ0v) is 22.1. The van der Waals surface area contributed by atoms with Gasteiger partial charge in [-0.2, -0.15) is 8.42 Å². The smallest absolute Gasteiger partial charge is 0.264 e. The van der Waals surface area contributed by atoms with Gasteiger partial charge < -0.3 is 9.84 Å². The minimum atomic E-state index is -3.30. The second kappa shape index (κ2) is 11.4. The van der Waals surface area contributed by atoms with Gasteiger partial charge in [-0.3, -0.25) is 4.18 Å². The lowest BCUT2D eigenvalue weighted by atomic mass is 9.58. The van der Waals surface area contributed by atoms with Crippen LogP contribution in [0.2, 0.25) is 0 Å². The van der Waals surface area contributed by atoms with Crippen LogP contribution in [-0.2, 0) is 19.0 Å². The first-order chi connectivity index (χ1) is 14.1. The molecule has 2 aliphatic carbocycles. The standard InChI is InChI=1S/C11H20O3S.C10H18O.C4H8O/c1-8(2)10-6-9(11(10,3)4)7-14-15(5,12)13;1-7(2)9-5-8(6-11)10(9,3)4;1-2-4-5-3-1/h9H,6-7H2,1-5H3;8,11H,5-6H2,1-4H3;1-4H2. The van der Waals surface area contributed by atoms with Gasteiger partial charge in [0.25, 0.3) is 10.1 Å². The van der Waals surface area contributed by atoms with Crippen molar-refractivity contribution >= 4 is 10.1 Å². The van der Waals surface area contributed by atoms with Crippen LogP contribution in [0.15, 0.2) is 22.3 Å². The largest absolute Gasteiger partial charge is 0.396 e. The van der Waals surface area contributed by atoms with E-state index < -0.39 is 10.1 Å². The van der Waals surface area contributed by atoms with E-state index in [-0.39, 0.29) is 10.8 Å². The van der Waals surface area contributed by atoms with Crippen LogP contribution in [0.25, 0.3) is 0 Å². The molecule has 0 radical (unpaired) electrons. The molecule has 2 saturated carbocycles. The van der Waals surface area contributed by atoms with E-state index in [1.165, 1.54) is 35.1 Å². The van der Waals surface area contributed by atoms with Gasteiger partial charge in [-0.05, 0) is 76.0 Å². The van der Waals surface area contributed by atoms with Crippen molar-refractivity contribution < 1.29 is 22.4 Å². The molecule has 3 rings (SSSR count). The van der Waals surface area contributed by atoms with Crippen LogP contribution in [0, 0.1) is 22.7 Å². The second-order valence-electron chi connectivity index (χ2n) is 10.7. The van der Waals surface area contributed by atoms with Gasteiger partial charge in [0.2, 0.25) is 0 Å². The Balaban J connectivity index is 0.000000260. The summed E-state index contributed by atoms with van der Waals surface area (Å²) in [5.41, 5.74) is 6.09. The lowest BCUT2D eigenvalue weighted by molar-refractivity contribution is 0.0833. The molecule has 1 N–H and O–H groups in total. The number of aliphatic hydroxyl groups is 1. The van der Waals surface area contributed by atoms with Crippen LogP contribution in [0.4, 0.5) is 0 Å². The zero-order chi connectivity index (χ0) is 24.0. The topological polar surface area (TPSA) is 72.8 Å². The summed E-state index contributed by atoms with van der Waals surface area (Å²) < 4.78 is 31.5. The summed E-state index contributed by atoms with van der Waals surface area (Å²) in [4.78, 5) is 0. The van der Waals surface area contributed by atoms with Crippen molar-refractivity contribution in [2.45, 2.75) is 81.1 Å². The van der Waals surface area contributed by atoms with Crippen molar-refractivity contribution in [3.05, 3.63) is 22.3 Å². The Morgan fingerprint density at radius 2 is 1.35 bits per heavy atom. The maximum atomic E-state index is 10.9. The summed E-state index contributed by atoms with van der Waals surface area (Å²) in [6, 6.07) is 0. The molecular weight excluding hydrogens is 412 g/mol. The molecule has 1 heterocycles. The molecule has 0 aromatic carbocycles. The van der Waals surface area contributed by atoms with E-state index in [4.69, 9.17) is 14.0 Å². The van der Waals surface area contributed by atoms with Gasteiger partial charge in [0.15, 0.2) is 0 Å². The van der Waals surface area contributed by atoms with Crippen LogP contribution in [-0.4, -0.2) is 46.2 Å². The molecule has 31 heavy (non-hydrogen) atoms. The number of ether oxygens (including phenoxy) is 1. The van der Waals surface area contributed by atoms with Crippen LogP contribution in [0.3, 0.4) is 0 Å². The molecule has 5 nitrogen and oxygen atoms in total. The lowest BCUT2D eigenvalue weighted by Crippen LogP contribution is -2.41. The Hall–Kier alpha value is -0.690. The average Bonchev–Trinajstić information content (AvgIpc) is 3.19. The molecule has 0 spiro atoms. The molecule has 3 fully saturated rings. The van der Waals surface area contributed by atoms with E-state index in [9.17, 15) is 8.42 Å². The van der Waals surface area contributed by atoms with Crippen molar-refractivity contribution in [3.8, 4) is 0 Å². The predicted molar refractivity (Wildman–Crippen MR) is 128 cm³/mol. The maximum absolute atomic E-state index is 10.9. The van der Waals surface area contributed by atoms with Crippen molar-refractivity contribution in [1.29, 1.82) is 0 Å².